The van der Waals surface area contributed by atoms with E-state index in [4.69, 9.17) is 4.74 Å². The summed E-state index contributed by atoms with van der Waals surface area (Å²) in [4.78, 5) is 14.4. The third-order valence-corrected chi connectivity index (χ3v) is 6.76. The van der Waals surface area contributed by atoms with Crippen molar-refractivity contribution in [3.63, 3.8) is 0 Å². The van der Waals surface area contributed by atoms with Crippen LogP contribution >= 0.6 is 0 Å². The first-order valence-electron chi connectivity index (χ1n) is 12.0. The number of ether oxygens (including phenoxy) is 1. The predicted octanol–water partition coefficient (Wildman–Crippen LogP) is 6.46. The monoisotopic (exact) mass is 442 g/mol. The molecule has 1 saturated carbocycles. The largest absolute Gasteiger partial charge is 0.447 e. The standard InChI is InChI=1S/C27H30N4O2/c1-18(2)33-27(32)29-20-10-8-19(9-11-20)26-24(17-28)23-13-12-22(30-14-3-4-15-30)16-25(23)31(26)21-6-5-7-21/h8-13,16,18,21H,3-7,14-15H2,1-2H3,(H,29,32). The van der Waals surface area contributed by atoms with Gasteiger partial charge < -0.3 is 14.2 Å². The molecule has 2 aliphatic rings. The summed E-state index contributed by atoms with van der Waals surface area (Å²) in [5, 5.41) is 13.9. The van der Waals surface area contributed by atoms with Gasteiger partial charge in [0.2, 0.25) is 0 Å². The number of aromatic nitrogens is 1. The van der Waals surface area contributed by atoms with E-state index in [0.29, 0.717) is 11.7 Å². The normalized spacial score (nSPS) is 16.1. The zero-order valence-corrected chi connectivity index (χ0v) is 19.3. The van der Waals surface area contributed by atoms with E-state index < -0.39 is 6.09 Å². The van der Waals surface area contributed by atoms with Gasteiger partial charge in [0.05, 0.1) is 22.9 Å². The fourth-order valence-electron chi connectivity index (χ4n) is 4.96. The van der Waals surface area contributed by atoms with Gasteiger partial charge >= 0.3 is 6.09 Å². The molecule has 1 N–H and O–H groups in total. The number of rotatable bonds is 5. The molecule has 0 bridgehead atoms. The smallest absolute Gasteiger partial charge is 0.411 e. The van der Waals surface area contributed by atoms with Crippen LogP contribution in [-0.4, -0.2) is 29.9 Å². The van der Waals surface area contributed by atoms with Gasteiger partial charge in [-0.3, -0.25) is 5.32 Å². The highest BCUT2D eigenvalue weighted by atomic mass is 16.6. The highest BCUT2D eigenvalue weighted by molar-refractivity contribution is 5.96. The molecule has 0 radical (unpaired) electrons. The molecule has 5 rings (SSSR count). The fraction of sp³-hybridized carbons (Fsp3) is 0.407. The number of hydrogen-bond donors (Lipinski definition) is 1. The van der Waals surface area contributed by atoms with Crippen LogP contribution in [0.2, 0.25) is 0 Å². The van der Waals surface area contributed by atoms with Gasteiger partial charge in [0, 0.05) is 35.9 Å². The zero-order valence-electron chi connectivity index (χ0n) is 19.3. The van der Waals surface area contributed by atoms with Crippen molar-refractivity contribution >= 4 is 28.4 Å². The first-order chi connectivity index (χ1) is 16.0. The van der Waals surface area contributed by atoms with E-state index in [1.54, 1.807) is 0 Å². The Morgan fingerprint density at radius 1 is 1.09 bits per heavy atom. The number of carbonyl (C=O) groups is 1. The van der Waals surface area contributed by atoms with E-state index in [0.717, 1.165) is 53.7 Å². The molecule has 0 unspecified atom stereocenters. The number of amides is 1. The summed E-state index contributed by atoms with van der Waals surface area (Å²) in [6.07, 6.45) is 5.33. The summed E-state index contributed by atoms with van der Waals surface area (Å²) in [6, 6.07) is 17.2. The van der Waals surface area contributed by atoms with Gasteiger partial charge in [0.1, 0.15) is 6.07 Å². The molecule has 1 aliphatic carbocycles. The molecule has 1 amide bonds. The van der Waals surface area contributed by atoms with E-state index in [2.05, 4.69) is 39.1 Å². The predicted molar refractivity (Wildman–Crippen MR) is 132 cm³/mol. The van der Waals surface area contributed by atoms with Gasteiger partial charge in [0.15, 0.2) is 0 Å². The first-order valence-corrected chi connectivity index (χ1v) is 12.0. The molecule has 1 saturated heterocycles. The van der Waals surface area contributed by atoms with E-state index >= 15 is 0 Å². The highest BCUT2D eigenvalue weighted by Gasteiger charge is 2.28. The van der Waals surface area contributed by atoms with Crippen LogP contribution in [0.5, 0.6) is 0 Å². The topological polar surface area (TPSA) is 70.3 Å². The molecule has 0 spiro atoms. The third-order valence-electron chi connectivity index (χ3n) is 6.76. The molecule has 2 fully saturated rings. The third kappa shape index (κ3) is 4.04. The number of carbonyl (C=O) groups excluding carboxylic acids is 1. The molecular weight excluding hydrogens is 412 g/mol. The molecular formula is C27H30N4O2. The van der Waals surface area contributed by atoms with E-state index in [1.807, 2.05) is 38.1 Å². The van der Waals surface area contributed by atoms with Crippen LogP contribution in [0.25, 0.3) is 22.2 Å². The van der Waals surface area contributed by atoms with Crippen LogP contribution in [0.15, 0.2) is 42.5 Å². The van der Waals surface area contributed by atoms with Crippen LogP contribution in [0, 0.1) is 11.3 Å². The Labute approximate surface area is 194 Å². The Morgan fingerprint density at radius 2 is 1.82 bits per heavy atom. The van der Waals surface area contributed by atoms with Crippen LogP contribution < -0.4 is 10.2 Å². The van der Waals surface area contributed by atoms with Crippen LogP contribution in [0.3, 0.4) is 0 Å². The number of fused-ring (bicyclic) bond motifs is 1. The molecule has 1 aromatic heterocycles. The van der Waals surface area contributed by atoms with Crippen molar-refractivity contribution in [1.29, 1.82) is 5.26 Å². The minimum Gasteiger partial charge on any atom is -0.447 e. The summed E-state index contributed by atoms with van der Waals surface area (Å²) in [5.74, 6) is 0. The summed E-state index contributed by atoms with van der Waals surface area (Å²) in [7, 11) is 0. The quantitative estimate of drug-likeness (QED) is 0.492. The zero-order chi connectivity index (χ0) is 22.9. The van der Waals surface area contributed by atoms with Crippen LogP contribution in [0.1, 0.15) is 57.6 Å². The molecule has 1 aliphatic heterocycles. The highest BCUT2D eigenvalue weighted by Crippen LogP contribution is 2.43. The van der Waals surface area contributed by atoms with Crippen molar-refractivity contribution in [1.82, 2.24) is 4.57 Å². The van der Waals surface area contributed by atoms with Gasteiger partial charge in [-0.15, -0.1) is 0 Å². The molecule has 6 nitrogen and oxygen atoms in total. The summed E-state index contributed by atoms with van der Waals surface area (Å²) in [5.41, 5.74) is 5.76. The minimum absolute atomic E-state index is 0.175. The maximum Gasteiger partial charge on any atom is 0.411 e. The molecule has 2 aromatic carbocycles. The van der Waals surface area contributed by atoms with Crippen LogP contribution in [0.4, 0.5) is 16.2 Å². The average molecular weight is 443 g/mol. The number of hydrogen-bond acceptors (Lipinski definition) is 4. The van der Waals surface area contributed by atoms with Gasteiger partial charge in [-0.2, -0.15) is 5.26 Å². The Kier molecular flexibility index (Phi) is 5.72. The molecule has 2 heterocycles. The number of nitrogens with zero attached hydrogens (tertiary/aromatic N) is 3. The Balaban J connectivity index is 1.57. The Morgan fingerprint density at radius 3 is 2.42 bits per heavy atom. The van der Waals surface area contributed by atoms with E-state index in [-0.39, 0.29) is 6.10 Å². The lowest BCUT2D eigenvalue weighted by molar-refractivity contribution is 0.130. The fourth-order valence-corrected chi connectivity index (χ4v) is 4.96. The minimum atomic E-state index is -0.464. The molecule has 0 atom stereocenters. The number of anilines is 2. The van der Waals surface area contributed by atoms with Crippen molar-refractivity contribution in [2.75, 3.05) is 23.3 Å². The van der Waals surface area contributed by atoms with Crippen molar-refractivity contribution in [2.45, 2.75) is 58.1 Å². The first kappa shape index (κ1) is 21.4. The molecule has 3 aromatic rings. The molecule has 6 heteroatoms. The summed E-state index contributed by atoms with van der Waals surface area (Å²) in [6.45, 7) is 5.84. The second-order valence-corrected chi connectivity index (χ2v) is 9.34. The van der Waals surface area contributed by atoms with E-state index in [9.17, 15) is 10.1 Å². The lowest BCUT2D eigenvalue weighted by atomic mass is 9.92. The molecule has 33 heavy (non-hydrogen) atoms. The SMILES string of the molecule is CC(C)OC(=O)Nc1ccc(-c2c(C#N)c3ccc(N4CCCC4)cc3n2C2CCC2)cc1. The van der Waals surface area contributed by atoms with Crippen molar-refractivity contribution in [3.8, 4) is 17.3 Å². The van der Waals surface area contributed by atoms with Crippen LogP contribution in [-0.2, 0) is 4.74 Å². The molecule has 170 valence electrons. The van der Waals surface area contributed by atoms with Gasteiger partial charge in [0.25, 0.3) is 0 Å². The number of nitriles is 1. The summed E-state index contributed by atoms with van der Waals surface area (Å²) >= 11 is 0. The van der Waals surface area contributed by atoms with Crippen molar-refractivity contribution in [2.24, 2.45) is 0 Å². The Hall–Kier alpha value is -3.46. The Bertz CT molecular complexity index is 1210. The van der Waals surface area contributed by atoms with Gasteiger partial charge in [-0.25, -0.2) is 4.79 Å². The van der Waals surface area contributed by atoms with Gasteiger partial charge in [-0.1, -0.05) is 12.1 Å². The second-order valence-electron chi connectivity index (χ2n) is 9.34. The maximum atomic E-state index is 11.9. The average Bonchev–Trinajstić information content (AvgIpc) is 3.39. The lowest BCUT2D eigenvalue weighted by Crippen LogP contribution is -2.19. The van der Waals surface area contributed by atoms with Crippen molar-refractivity contribution < 1.29 is 9.53 Å². The number of nitrogens with one attached hydrogen (secondary N) is 1. The summed E-state index contributed by atoms with van der Waals surface area (Å²) < 4.78 is 7.57. The van der Waals surface area contributed by atoms with Gasteiger partial charge in [-0.05, 0) is 81.8 Å². The van der Waals surface area contributed by atoms with Crippen molar-refractivity contribution in [3.05, 3.63) is 48.0 Å². The van der Waals surface area contributed by atoms with E-state index in [1.165, 1.54) is 24.9 Å². The number of benzene rings is 2. The second kappa shape index (κ2) is 8.82. The maximum absolute atomic E-state index is 11.9. The lowest BCUT2D eigenvalue weighted by Gasteiger charge is -2.30.